The van der Waals surface area contributed by atoms with E-state index < -0.39 is 15.9 Å². The van der Waals surface area contributed by atoms with Crippen molar-refractivity contribution in [2.24, 2.45) is 0 Å². The molecule has 0 aliphatic carbocycles. The quantitative estimate of drug-likeness (QED) is 0.461. The van der Waals surface area contributed by atoms with E-state index in [9.17, 15) is 13.2 Å². The van der Waals surface area contributed by atoms with E-state index >= 15 is 0 Å². The number of anilines is 1. The monoisotopic (exact) mass is 482 g/mol. The molecule has 0 saturated carbocycles. The fraction of sp³-hybridized carbons (Fsp3) is 0.269. The van der Waals surface area contributed by atoms with Crippen molar-refractivity contribution in [3.8, 4) is 11.5 Å². The van der Waals surface area contributed by atoms with Gasteiger partial charge in [-0.2, -0.15) is 0 Å². The number of nitrogens with one attached hydrogen (secondary N) is 1. The summed E-state index contributed by atoms with van der Waals surface area (Å²) in [6.07, 6.45) is 0.647. The third-order valence-corrected chi connectivity index (χ3v) is 7.31. The molecule has 1 unspecified atom stereocenters. The summed E-state index contributed by atoms with van der Waals surface area (Å²) in [6.45, 7) is 3.52. The highest BCUT2D eigenvalue weighted by Gasteiger charge is 2.28. The van der Waals surface area contributed by atoms with Crippen LogP contribution in [0.1, 0.15) is 30.5 Å². The molecule has 1 amide bonds. The van der Waals surface area contributed by atoms with Gasteiger partial charge >= 0.3 is 0 Å². The van der Waals surface area contributed by atoms with Crippen molar-refractivity contribution in [3.05, 3.63) is 83.9 Å². The van der Waals surface area contributed by atoms with Crippen LogP contribution in [0, 0.1) is 6.92 Å². The van der Waals surface area contributed by atoms with Crippen LogP contribution in [0.15, 0.2) is 77.7 Å². The number of carbonyl (C=O) groups is 1. The molecule has 3 aromatic rings. The zero-order valence-corrected chi connectivity index (χ0v) is 20.6. The van der Waals surface area contributed by atoms with Gasteiger partial charge < -0.3 is 14.8 Å². The summed E-state index contributed by atoms with van der Waals surface area (Å²) < 4.78 is 38.5. The van der Waals surface area contributed by atoms with Crippen LogP contribution in [0.2, 0.25) is 0 Å². The molecule has 34 heavy (non-hydrogen) atoms. The first-order valence-electron chi connectivity index (χ1n) is 10.9. The number of benzene rings is 3. The molecular formula is C26H30N2O5S. The normalized spacial score (nSPS) is 12.0. The first-order chi connectivity index (χ1) is 16.3. The highest BCUT2D eigenvalue weighted by molar-refractivity contribution is 7.92. The van der Waals surface area contributed by atoms with E-state index in [2.05, 4.69) is 5.32 Å². The van der Waals surface area contributed by atoms with Crippen molar-refractivity contribution in [1.82, 2.24) is 5.32 Å². The first kappa shape index (κ1) is 25.1. The number of nitrogens with zero attached hydrogens (tertiary/aromatic N) is 1. The topological polar surface area (TPSA) is 84.9 Å². The van der Waals surface area contributed by atoms with Gasteiger partial charge in [-0.3, -0.25) is 9.10 Å². The van der Waals surface area contributed by atoms with Crippen molar-refractivity contribution in [1.29, 1.82) is 0 Å². The van der Waals surface area contributed by atoms with Crippen LogP contribution >= 0.6 is 0 Å². The molecule has 0 spiro atoms. The van der Waals surface area contributed by atoms with Gasteiger partial charge in [-0.05, 0) is 67.4 Å². The Hall–Kier alpha value is -3.52. The molecule has 0 aromatic heterocycles. The molecular weight excluding hydrogens is 452 g/mol. The summed E-state index contributed by atoms with van der Waals surface area (Å²) >= 11 is 0. The van der Waals surface area contributed by atoms with E-state index in [4.69, 9.17) is 9.47 Å². The fourth-order valence-corrected chi connectivity index (χ4v) is 4.95. The lowest BCUT2D eigenvalue weighted by Crippen LogP contribution is -2.42. The first-order valence-corrected chi connectivity index (χ1v) is 12.4. The maximum absolute atomic E-state index is 13.5. The molecule has 1 atom stereocenters. The molecule has 0 saturated heterocycles. The zero-order chi connectivity index (χ0) is 24.7. The fourth-order valence-electron chi connectivity index (χ4n) is 3.53. The molecule has 180 valence electrons. The summed E-state index contributed by atoms with van der Waals surface area (Å²) in [5.74, 6) is 0.866. The van der Waals surface area contributed by atoms with E-state index in [1.165, 1.54) is 19.2 Å². The molecule has 0 radical (unpaired) electrons. The highest BCUT2D eigenvalue weighted by atomic mass is 32.2. The van der Waals surface area contributed by atoms with Crippen molar-refractivity contribution in [3.63, 3.8) is 0 Å². The van der Waals surface area contributed by atoms with Gasteiger partial charge in [0.1, 0.15) is 18.0 Å². The van der Waals surface area contributed by atoms with Crippen LogP contribution in [-0.2, 0) is 14.8 Å². The molecule has 0 aliphatic rings. The van der Waals surface area contributed by atoms with Crippen molar-refractivity contribution < 1.29 is 22.7 Å². The molecule has 0 aliphatic heterocycles. The maximum atomic E-state index is 13.5. The largest absolute Gasteiger partial charge is 0.497 e. The van der Waals surface area contributed by atoms with Crippen LogP contribution < -0.4 is 19.1 Å². The van der Waals surface area contributed by atoms with E-state index in [1.54, 1.807) is 31.4 Å². The lowest BCUT2D eigenvalue weighted by atomic mass is 10.0. The summed E-state index contributed by atoms with van der Waals surface area (Å²) in [4.78, 5) is 13.1. The van der Waals surface area contributed by atoms with Crippen LogP contribution in [0.3, 0.4) is 0 Å². The Morgan fingerprint density at radius 2 is 1.41 bits per heavy atom. The Morgan fingerprint density at radius 3 is 1.91 bits per heavy atom. The Balaban J connectivity index is 1.88. The predicted molar refractivity (Wildman–Crippen MR) is 133 cm³/mol. The molecule has 7 nitrogen and oxygen atoms in total. The number of rotatable bonds is 10. The predicted octanol–water partition coefficient (Wildman–Crippen LogP) is 4.48. The van der Waals surface area contributed by atoms with E-state index in [0.717, 1.165) is 21.2 Å². The number of hydrogen-bond donors (Lipinski definition) is 1. The summed E-state index contributed by atoms with van der Waals surface area (Å²) in [6, 6.07) is 20.3. The van der Waals surface area contributed by atoms with Crippen LogP contribution in [0.4, 0.5) is 5.69 Å². The number of amides is 1. The summed E-state index contributed by atoms with van der Waals surface area (Å²) in [5.41, 5.74) is 2.31. The minimum absolute atomic E-state index is 0.0730. The molecule has 3 aromatic carbocycles. The second-order valence-corrected chi connectivity index (χ2v) is 9.69. The number of aryl methyl sites for hydroxylation is 1. The number of methoxy groups -OCH3 is 2. The summed E-state index contributed by atoms with van der Waals surface area (Å²) in [5, 5.41) is 2.97. The third-order valence-electron chi connectivity index (χ3n) is 5.52. The minimum Gasteiger partial charge on any atom is -0.497 e. The molecule has 8 heteroatoms. The average Bonchev–Trinajstić information content (AvgIpc) is 2.86. The van der Waals surface area contributed by atoms with Gasteiger partial charge in [-0.1, -0.05) is 36.8 Å². The van der Waals surface area contributed by atoms with Crippen LogP contribution in [-0.4, -0.2) is 35.1 Å². The van der Waals surface area contributed by atoms with Gasteiger partial charge in [0, 0.05) is 0 Å². The van der Waals surface area contributed by atoms with Gasteiger partial charge in [0.25, 0.3) is 10.0 Å². The Bertz CT molecular complexity index is 1190. The Kier molecular flexibility index (Phi) is 8.17. The lowest BCUT2D eigenvalue weighted by molar-refractivity contribution is -0.120. The van der Waals surface area contributed by atoms with Gasteiger partial charge in [0.2, 0.25) is 5.91 Å². The minimum atomic E-state index is -4.00. The van der Waals surface area contributed by atoms with E-state index in [-0.39, 0.29) is 17.5 Å². The van der Waals surface area contributed by atoms with Crippen LogP contribution in [0.25, 0.3) is 0 Å². The lowest BCUT2D eigenvalue weighted by Gasteiger charge is -2.26. The number of sulfonamides is 1. The molecule has 3 rings (SSSR count). The zero-order valence-electron chi connectivity index (χ0n) is 19.8. The average molecular weight is 483 g/mol. The number of ether oxygens (including phenoxy) is 2. The van der Waals surface area contributed by atoms with Crippen molar-refractivity contribution >= 4 is 21.6 Å². The van der Waals surface area contributed by atoms with Gasteiger partial charge in [0.15, 0.2) is 0 Å². The highest BCUT2D eigenvalue weighted by Crippen LogP contribution is 2.26. The van der Waals surface area contributed by atoms with Crippen molar-refractivity contribution in [2.45, 2.75) is 31.2 Å². The molecule has 0 bridgehead atoms. The van der Waals surface area contributed by atoms with E-state index in [1.807, 2.05) is 50.2 Å². The van der Waals surface area contributed by atoms with Gasteiger partial charge in [-0.25, -0.2) is 8.42 Å². The third kappa shape index (κ3) is 5.88. The molecule has 0 fully saturated rings. The second-order valence-electron chi connectivity index (χ2n) is 7.82. The smallest absolute Gasteiger partial charge is 0.264 e. The number of carbonyl (C=O) groups excluding carboxylic acids is 1. The maximum Gasteiger partial charge on any atom is 0.264 e. The summed E-state index contributed by atoms with van der Waals surface area (Å²) in [7, 11) is -0.895. The molecule has 1 N–H and O–H groups in total. The van der Waals surface area contributed by atoms with Crippen molar-refractivity contribution in [2.75, 3.05) is 25.1 Å². The second kappa shape index (κ2) is 11.1. The van der Waals surface area contributed by atoms with E-state index in [0.29, 0.717) is 17.9 Å². The number of hydrogen-bond acceptors (Lipinski definition) is 5. The Morgan fingerprint density at radius 1 is 0.882 bits per heavy atom. The SMILES string of the molecule is CCC(NC(=O)CN(c1ccc(C)cc1)S(=O)(=O)c1ccc(OC)cc1)c1ccc(OC)cc1. The molecule has 0 heterocycles. The van der Waals surface area contributed by atoms with Gasteiger partial charge in [0.05, 0.1) is 30.8 Å². The van der Waals surface area contributed by atoms with Crippen LogP contribution in [0.5, 0.6) is 11.5 Å². The Labute approximate surface area is 201 Å². The standard InChI is InChI=1S/C26H30N2O5S/c1-5-25(20-8-12-22(32-3)13-9-20)27-26(29)18-28(21-10-6-19(2)7-11-21)34(30,31)24-16-14-23(33-4)15-17-24/h6-17,25H,5,18H2,1-4H3,(H,27,29). The van der Waals surface area contributed by atoms with Gasteiger partial charge in [-0.15, -0.1) is 0 Å².